The van der Waals surface area contributed by atoms with E-state index in [4.69, 9.17) is 28.4 Å². The SMILES string of the molecule is CCN([C@@H]1O[C@H](COC(=O)C(C)(C)C)[C@H](OC(=O)C(C)(C)C)[C@H](OC(=O)C(C)(C)C)[C@H]1OC(=O)C(C)(C)C)[C@H](c1ccc([N+](=O)[O-])cc1)C(CC)(CC)C(=O)OC. The molecule has 15 nitrogen and oxygen atoms in total. The number of carbonyl (C=O) groups excluding carboxylic acids is 5. The van der Waals surface area contributed by atoms with Gasteiger partial charge in [0.05, 0.1) is 45.1 Å². The Kier molecular flexibility index (Phi) is 16.0. The lowest BCUT2D eigenvalue weighted by molar-refractivity contribution is -0.384. The van der Waals surface area contributed by atoms with Crippen molar-refractivity contribution in [2.45, 2.75) is 153 Å². The van der Waals surface area contributed by atoms with E-state index in [1.54, 1.807) is 107 Å². The highest BCUT2D eigenvalue weighted by Gasteiger charge is 2.59. The van der Waals surface area contributed by atoms with Gasteiger partial charge < -0.3 is 28.4 Å². The summed E-state index contributed by atoms with van der Waals surface area (Å²) in [6.07, 6.45) is -6.73. The van der Waals surface area contributed by atoms with Crippen LogP contribution in [0.2, 0.25) is 0 Å². The fraction of sp³-hybridized carbons (Fsp3) is 0.738. The summed E-state index contributed by atoms with van der Waals surface area (Å²) in [4.78, 5) is 81.8. The second kappa shape index (κ2) is 18.6. The number of ether oxygens (including phenoxy) is 6. The maximum atomic E-state index is 14.0. The van der Waals surface area contributed by atoms with Gasteiger partial charge in [0, 0.05) is 12.1 Å². The fourth-order valence-corrected chi connectivity index (χ4v) is 6.33. The van der Waals surface area contributed by atoms with Crippen LogP contribution in [0.4, 0.5) is 5.69 Å². The zero-order chi connectivity index (χ0) is 44.1. The summed E-state index contributed by atoms with van der Waals surface area (Å²) in [6, 6.07) is 4.78. The van der Waals surface area contributed by atoms with E-state index in [2.05, 4.69) is 0 Å². The minimum absolute atomic E-state index is 0.107. The van der Waals surface area contributed by atoms with E-state index < -0.39 is 105 Å². The molecule has 0 saturated carbocycles. The van der Waals surface area contributed by atoms with E-state index in [-0.39, 0.29) is 25.1 Å². The first-order valence-corrected chi connectivity index (χ1v) is 19.6. The molecule has 1 aromatic rings. The second-order valence-electron chi connectivity index (χ2n) is 18.7. The second-order valence-corrected chi connectivity index (χ2v) is 18.7. The van der Waals surface area contributed by atoms with E-state index in [0.717, 1.165) is 0 Å². The first kappa shape index (κ1) is 49.0. The molecule has 1 aliphatic heterocycles. The molecule has 15 heteroatoms. The number of hydrogen-bond acceptors (Lipinski definition) is 14. The lowest BCUT2D eigenvalue weighted by atomic mass is 9.71. The molecule has 0 spiro atoms. The Bertz CT molecular complexity index is 1590. The third-order valence-electron chi connectivity index (χ3n) is 9.99. The maximum Gasteiger partial charge on any atom is 0.313 e. The Morgan fingerprint density at radius 2 is 1.11 bits per heavy atom. The van der Waals surface area contributed by atoms with Gasteiger partial charge in [-0.2, -0.15) is 0 Å². The number of benzene rings is 1. The summed E-state index contributed by atoms with van der Waals surface area (Å²) in [5.74, 6) is -3.28. The first-order chi connectivity index (χ1) is 26.0. The average Bonchev–Trinajstić information content (AvgIpc) is 3.10. The molecule has 0 bridgehead atoms. The normalized spacial score (nSPS) is 21.2. The van der Waals surface area contributed by atoms with Gasteiger partial charge in [0.15, 0.2) is 24.5 Å². The number of nitrogens with zero attached hydrogens (tertiary/aromatic N) is 2. The third kappa shape index (κ3) is 11.7. The third-order valence-corrected chi connectivity index (χ3v) is 9.99. The van der Waals surface area contributed by atoms with Crippen molar-refractivity contribution < 1.29 is 57.3 Å². The van der Waals surface area contributed by atoms with E-state index in [0.29, 0.717) is 5.56 Å². The zero-order valence-electron chi connectivity index (χ0n) is 36.8. The smallest absolute Gasteiger partial charge is 0.313 e. The van der Waals surface area contributed by atoms with Crippen LogP contribution in [0.25, 0.3) is 0 Å². The van der Waals surface area contributed by atoms with Crippen molar-refractivity contribution in [3.05, 3.63) is 39.9 Å². The van der Waals surface area contributed by atoms with Gasteiger partial charge in [-0.15, -0.1) is 0 Å². The van der Waals surface area contributed by atoms with Gasteiger partial charge in [0.25, 0.3) is 5.69 Å². The Hall–Kier alpha value is -4.11. The van der Waals surface area contributed by atoms with Crippen LogP contribution in [0.15, 0.2) is 24.3 Å². The highest BCUT2D eigenvalue weighted by molar-refractivity contribution is 5.79. The van der Waals surface area contributed by atoms with E-state index in [9.17, 15) is 34.1 Å². The summed E-state index contributed by atoms with van der Waals surface area (Å²) in [7, 11) is 1.27. The molecule has 0 amide bonds. The van der Waals surface area contributed by atoms with Gasteiger partial charge in [0.2, 0.25) is 0 Å². The Morgan fingerprint density at radius 3 is 1.47 bits per heavy atom. The predicted molar refractivity (Wildman–Crippen MR) is 210 cm³/mol. The van der Waals surface area contributed by atoms with Crippen molar-refractivity contribution in [3.63, 3.8) is 0 Å². The molecule has 0 unspecified atom stereocenters. The fourth-order valence-electron chi connectivity index (χ4n) is 6.33. The molecule has 322 valence electrons. The van der Waals surface area contributed by atoms with Crippen molar-refractivity contribution in [1.29, 1.82) is 0 Å². The molecule has 0 radical (unpaired) electrons. The molecular weight excluding hydrogens is 740 g/mol. The Balaban J connectivity index is 3.15. The number of likely N-dealkylation sites (N-methyl/N-ethyl adjacent to an activating group) is 1. The van der Waals surface area contributed by atoms with Crippen molar-refractivity contribution >= 4 is 35.5 Å². The minimum atomic E-state index is -1.53. The van der Waals surface area contributed by atoms with Crippen molar-refractivity contribution in [2.24, 2.45) is 27.1 Å². The quantitative estimate of drug-likeness (QED) is 0.0800. The molecule has 0 aromatic heterocycles. The number of carbonyl (C=O) groups is 5. The van der Waals surface area contributed by atoms with Crippen LogP contribution in [-0.2, 0) is 52.4 Å². The molecule has 0 N–H and O–H groups in total. The highest BCUT2D eigenvalue weighted by atomic mass is 16.7. The van der Waals surface area contributed by atoms with Gasteiger partial charge in [-0.05, 0) is 108 Å². The number of rotatable bonds is 14. The van der Waals surface area contributed by atoms with Crippen LogP contribution >= 0.6 is 0 Å². The molecule has 1 aromatic carbocycles. The molecule has 1 aliphatic rings. The van der Waals surface area contributed by atoms with Gasteiger partial charge in [0.1, 0.15) is 12.7 Å². The summed E-state index contributed by atoms with van der Waals surface area (Å²) in [5, 5.41) is 11.7. The molecule has 1 heterocycles. The maximum absolute atomic E-state index is 14.0. The van der Waals surface area contributed by atoms with Crippen LogP contribution in [0, 0.1) is 37.2 Å². The van der Waals surface area contributed by atoms with Crippen LogP contribution in [0.5, 0.6) is 0 Å². The lowest BCUT2D eigenvalue weighted by Crippen LogP contribution is -2.68. The lowest BCUT2D eigenvalue weighted by Gasteiger charge is -2.53. The number of non-ortho nitro benzene ring substituents is 1. The number of nitro groups is 1. The standard InChI is InChI=1S/C42H66N2O13/c1-17-42(18-2,37(49)52-16)31(25-20-22-26(23-21-25)44(50)51)43(19-3)32-30(57-36(48)41(13,14)15)29(56-35(47)40(10,11)12)28(55-34(46)39(7,8)9)27(54-32)24-53-33(45)38(4,5)6/h20-23,27-32H,17-19,24H2,1-16H3/t27-,28+,29+,30-,31-,32-/m1/s1. The summed E-state index contributed by atoms with van der Waals surface area (Å²) in [5.41, 5.74) is -5.19. The summed E-state index contributed by atoms with van der Waals surface area (Å²) >= 11 is 0. The van der Waals surface area contributed by atoms with E-state index >= 15 is 0 Å². The molecule has 2 rings (SSSR count). The van der Waals surface area contributed by atoms with E-state index in [1.807, 2.05) is 13.8 Å². The Morgan fingerprint density at radius 1 is 0.684 bits per heavy atom. The van der Waals surface area contributed by atoms with Gasteiger partial charge in [-0.1, -0.05) is 32.9 Å². The zero-order valence-corrected chi connectivity index (χ0v) is 36.8. The predicted octanol–water partition coefficient (Wildman–Crippen LogP) is 7.13. The molecule has 1 saturated heterocycles. The number of esters is 5. The van der Waals surface area contributed by atoms with Gasteiger partial charge in [-0.25, -0.2) is 0 Å². The van der Waals surface area contributed by atoms with Crippen molar-refractivity contribution in [3.8, 4) is 0 Å². The molecule has 57 heavy (non-hydrogen) atoms. The summed E-state index contributed by atoms with van der Waals surface area (Å²) in [6.45, 7) is 24.8. The minimum Gasteiger partial charge on any atom is -0.469 e. The highest BCUT2D eigenvalue weighted by Crippen LogP contribution is 2.48. The topological polar surface area (TPSA) is 187 Å². The van der Waals surface area contributed by atoms with Crippen molar-refractivity contribution in [2.75, 3.05) is 20.3 Å². The van der Waals surface area contributed by atoms with Crippen LogP contribution in [-0.4, -0.2) is 90.6 Å². The Labute approximate surface area is 337 Å². The molecule has 6 atom stereocenters. The number of nitro benzene ring substituents is 1. The van der Waals surface area contributed by atoms with Crippen molar-refractivity contribution in [1.82, 2.24) is 4.90 Å². The van der Waals surface area contributed by atoms with E-state index in [1.165, 1.54) is 19.2 Å². The number of methoxy groups -OCH3 is 1. The molecule has 0 aliphatic carbocycles. The first-order valence-electron chi connectivity index (χ1n) is 19.6. The van der Waals surface area contributed by atoms with Crippen LogP contribution in [0.3, 0.4) is 0 Å². The average molecular weight is 807 g/mol. The molecule has 1 fully saturated rings. The summed E-state index contributed by atoms with van der Waals surface area (Å²) < 4.78 is 36.8. The largest absolute Gasteiger partial charge is 0.469 e. The van der Waals surface area contributed by atoms with Crippen LogP contribution in [0.1, 0.15) is 128 Å². The van der Waals surface area contributed by atoms with Crippen LogP contribution < -0.4 is 0 Å². The molecular formula is C42H66N2O13. The van der Waals surface area contributed by atoms with Gasteiger partial charge in [-0.3, -0.25) is 39.0 Å². The number of hydrogen-bond donors (Lipinski definition) is 0. The monoisotopic (exact) mass is 806 g/mol. The van der Waals surface area contributed by atoms with Gasteiger partial charge >= 0.3 is 29.8 Å².